The minimum absolute atomic E-state index is 0.0246. The number of aromatic nitrogens is 3. The molecule has 2 heterocycles. The minimum Gasteiger partial charge on any atom is -0.339 e. The SMILES string of the molecule is O=C(Nc1cc(Cl)nc(Cl)n1)c1cc(Cl)cn1C1CC1. The molecule has 104 valence electrons. The number of nitrogens with one attached hydrogen (secondary N) is 1. The van der Waals surface area contributed by atoms with Crippen molar-refractivity contribution in [3.05, 3.63) is 39.5 Å². The maximum atomic E-state index is 12.3. The molecule has 0 radical (unpaired) electrons. The van der Waals surface area contributed by atoms with Crippen LogP contribution in [-0.2, 0) is 0 Å². The van der Waals surface area contributed by atoms with Gasteiger partial charge in [0.2, 0.25) is 5.28 Å². The highest BCUT2D eigenvalue weighted by molar-refractivity contribution is 6.32. The molecule has 1 amide bonds. The molecule has 8 heteroatoms. The van der Waals surface area contributed by atoms with Gasteiger partial charge in [-0.2, -0.15) is 0 Å². The zero-order chi connectivity index (χ0) is 14.3. The van der Waals surface area contributed by atoms with Gasteiger partial charge in [-0.25, -0.2) is 9.97 Å². The summed E-state index contributed by atoms with van der Waals surface area (Å²) in [5, 5.41) is 3.30. The Morgan fingerprint density at radius 2 is 2.00 bits per heavy atom. The maximum absolute atomic E-state index is 12.3. The van der Waals surface area contributed by atoms with Crippen LogP contribution in [0.25, 0.3) is 0 Å². The number of rotatable bonds is 3. The fourth-order valence-corrected chi connectivity index (χ4v) is 2.53. The van der Waals surface area contributed by atoms with Crippen molar-refractivity contribution in [2.24, 2.45) is 0 Å². The van der Waals surface area contributed by atoms with Crippen molar-refractivity contribution in [3.8, 4) is 0 Å². The number of carbonyl (C=O) groups excluding carboxylic acids is 1. The third kappa shape index (κ3) is 2.90. The van der Waals surface area contributed by atoms with Crippen LogP contribution in [0.5, 0.6) is 0 Å². The number of halogens is 3. The Hall–Kier alpha value is -1.30. The van der Waals surface area contributed by atoms with Gasteiger partial charge in [-0.15, -0.1) is 0 Å². The molecule has 0 unspecified atom stereocenters. The fourth-order valence-electron chi connectivity index (χ4n) is 1.92. The predicted molar refractivity (Wildman–Crippen MR) is 77.7 cm³/mol. The van der Waals surface area contributed by atoms with Crippen molar-refractivity contribution in [1.82, 2.24) is 14.5 Å². The first kappa shape index (κ1) is 13.7. The van der Waals surface area contributed by atoms with Crippen molar-refractivity contribution in [3.63, 3.8) is 0 Å². The standard InChI is InChI=1S/C12H9Cl3N4O/c13-6-3-8(19(5-6)7-1-2-7)11(20)17-10-4-9(14)16-12(15)18-10/h3-5,7H,1-2H2,(H,16,17,18,20). The highest BCUT2D eigenvalue weighted by Crippen LogP contribution is 2.37. The van der Waals surface area contributed by atoms with Crippen LogP contribution in [0.15, 0.2) is 18.3 Å². The average molecular weight is 332 g/mol. The summed E-state index contributed by atoms with van der Waals surface area (Å²) in [6.07, 6.45) is 3.86. The summed E-state index contributed by atoms with van der Waals surface area (Å²) < 4.78 is 1.88. The molecule has 0 spiro atoms. The molecule has 2 aromatic rings. The van der Waals surface area contributed by atoms with Crippen molar-refractivity contribution in [2.75, 3.05) is 5.32 Å². The topological polar surface area (TPSA) is 59.8 Å². The van der Waals surface area contributed by atoms with Gasteiger partial charge in [-0.3, -0.25) is 4.79 Å². The normalized spacial score (nSPS) is 14.3. The van der Waals surface area contributed by atoms with Crippen LogP contribution in [0.1, 0.15) is 29.4 Å². The van der Waals surface area contributed by atoms with Gasteiger partial charge in [0.05, 0.1) is 5.02 Å². The Balaban J connectivity index is 1.85. The van der Waals surface area contributed by atoms with Crippen molar-refractivity contribution in [2.45, 2.75) is 18.9 Å². The molecule has 5 nitrogen and oxygen atoms in total. The van der Waals surface area contributed by atoms with Crippen LogP contribution in [0.3, 0.4) is 0 Å². The second kappa shape index (κ2) is 5.24. The van der Waals surface area contributed by atoms with E-state index in [4.69, 9.17) is 34.8 Å². The van der Waals surface area contributed by atoms with E-state index in [1.165, 1.54) is 6.07 Å². The fraction of sp³-hybridized carbons (Fsp3) is 0.250. The Morgan fingerprint density at radius 3 is 2.65 bits per heavy atom. The first-order valence-corrected chi connectivity index (χ1v) is 7.05. The number of carbonyl (C=O) groups is 1. The zero-order valence-corrected chi connectivity index (χ0v) is 12.4. The summed E-state index contributed by atoms with van der Waals surface area (Å²) in [4.78, 5) is 19.9. The van der Waals surface area contributed by atoms with E-state index < -0.39 is 0 Å². The molecule has 0 bridgehead atoms. The van der Waals surface area contributed by atoms with E-state index in [1.807, 2.05) is 4.57 Å². The molecular formula is C12H9Cl3N4O. The van der Waals surface area contributed by atoms with Gasteiger partial charge in [0.15, 0.2) is 0 Å². The van der Waals surface area contributed by atoms with Crippen LogP contribution < -0.4 is 5.32 Å². The second-order valence-electron chi connectivity index (χ2n) is 4.48. The lowest BCUT2D eigenvalue weighted by Gasteiger charge is -2.08. The second-order valence-corrected chi connectivity index (χ2v) is 5.64. The van der Waals surface area contributed by atoms with Crippen LogP contribution in [0.4, 0.5) is 5.82 Å². The van der Waals surface area contributed by atoms with E-state index in [0.717, 1.165) is 12.8 Å². The van der Waals surface area contributed by atoms with Crippen LogP contribution >= 0.6 is 34.8 Å². The molecular weight excluding hydrogens is 323 g/mol. The predicted octanol–water partition coefficient (Wildman–Crippen LogP) is 3.83. The Labute approximate surface area is 129 Å². The van der Waals surface area contributed by atoms with Crippen molar-refractivity contribution < 1.29 is 4.79 Å². The molecule has 1 aliphatic carbocycles. The molecule has 3 rings (SSSR count). The smallest absolute Gasteiger partial charge is 0.273 e. The summed E-state index contributed by atoms with van der Waals surface area (Å²) in [6.45, 7) is 0. The third-order valence-electron chi connectivity index (χ3n) is 2.90. The highest BCUT2D eigenvalue weighted by Gasteiger charge is 2.28. The van der Waals surface area contributed by atoms with Gasteiger partial charge < -0.3 is 9.88 Å². The highest BCUT2D eigenvalue weighted by atomic mass is 35.5. The van der Waals surface area contributed by atoms with Gasteiger partial charge in [0.25, 0.3) is 5.91 Å². The lowest BCUT2D eigenvalue weighted by molar-refractivity contribution is 0.101. The van der Waals surface area contributed by atoms with E-state index in [0.29, 0.717) is 16.8 Å². The molecule has 0 saturated heterocycles. The number of nitrogens with zero attached hydrogens (tertiary/aromatic N) is 3. The quantitative estimate of drug-likeness (QED) is 0.687. The first-order valence-electron chi connectivity index (χ1n) is 5.92. The lowest BCUT2D eigenvalue weighted by atomic mass is 10.4. The number of amides is 1. The van der Waals surface area contributed by atoms with E-state index in [1.54, 1.807) is 12.3 Å². The molecule has 2 aromatic heterocycles. The van der Waals surface area contributed by atoms with Gasteiger partial charge in [0.1, 0.15) is 16.7 Å². The average Bonchev–Trinajstić information content (AvgIpc) is 3.11. The van der Waals surface area contributed by atoms with E-state index in [9.17, 15) is 4.79 Å². The number of anilines is 1. The number of hydrogen-bond acceptors (Lipinski definition) is 3. The Bertz CT molecular complexity index is 661. The van der Waals surface area contributed by atoms with E-state index in [-0.39, 0.29) is 22.2 Å². The van der Waals surface area contributed by atoms with E-state index >= 15 is 0 Å². The van der Waals surface area contributed by atoms with Gasteiger partial charge >= 0.3 is 0 Å². The molecule has 0 aliphatic heterocycles. The lowest BCUT2D eigenvalue weighted by Crippen LogP contribution is -2.17. The summed E-state index contributed by atoms with van der Waals surface area (Å²) in [5.41, 5.74) is 0.489. The Morgan fingerprint density at radius 1 is 1.25 bits per heavy atom. The minimum atomic E-state index is -0.311. The first-order chi connectivity index (χ1) is 9.52. The largest absolute Gasteiger partial charge is 0.339 e. The molecule has 0 atom stereocenters. The monoisotopic (exact) mass is 330 g/mol. The third-order valence-corrected chi connectivity index (χ3v) is 3.47. The van der Waals surface area contributed by atoms with Crippen LogP contribution in [-0.4, -0.2) is 20.4 Å². The molecule has 1 saturated carbocycles. The number of hydrogen-bond donors (Lipinski definition) is 1. The molecule has 20 heavy (non-hydrogen) atoms. The summed E-state index contributed by atoms with van der Waals surface area (Å²) >= 11 is 17.4. The van der Waals surface area contributed by atoms with Crippen molar-refractivity contribution in [1.29, 1.82) is 0 Å². The van der Waals surface area contributed by atoms with Crippen LogP contribution in [0.2, 0.25) is 15.5 Å². The molecule has 1 N–H and O–H groups in total. The maximum Gasteiger partial charge on any atom is 0.273 e. The van der Waals surface area contributed by atoms with Gasteiger partial charge in [-0.05, 0) is 30.5 Å². The summed E-state index contributed by atoms with van der Waals surface area (Å²) in [7, 11) is 0. The molecule has 1 aliphatic rings. The van der Waals surface area contributed by atoms with Crippen molar-refractivity contribution >= 4 is 46.5 Å². The van der Waals surface area contributed by atoms with E-state index in [2.05, 4.69) is 15.3 Å². The van der Waals surface area contributed by atoms with Gasteiger partial charge in [0, 0.05) is 18.3 Å². The molecule has 1 fully saturated rings. The zero-order valence-electron chi connectivity index (χ0n) is 10.1. The summed E-state index contributed by atoms with van der Waals surface area (Å²) in [6, 6.07) is 3.40. The molecule has 0 aromatic carbocycles. The Kier molecular flexibility index (Phi) is 3.58. The van der Waals surface area contributed by atoms with Crippen LogP contribution in [0, 0.1) is 0 Å². The summed E-state index contributed by atoms with van der Waals surface area (Å²) in [5.74, 6) is -0.0608. The van der Waals surface area contributed by atoms with Gasteiger partial charge in [-0.1, -0.05) is 23.2 Å².